The summed E-state index contributed by atoms with van der Waals surface area (Å²) in [6, 6.07) is 18.1. The molecule has 128 valence electrons. The summed E-state index contributed by atoms with van der Waals surface area (Å²) < 4.78 is 2.66. The smallest absolute Gasteiger partial charge is 0.246 e. The maximum absolute atomic E-state index is 12.9. The summed E-state index contributed by atoms with van der Waals surface area (Å²) in [5.41, 5.74) is 4.10. The van der Waals surface area contributed by atoms with Crippen LogP contribution < -0.4 is 4.90 Å². The SMILES string of the molecule is Cc1sc(=S)n(CC(=O)N(C)c2ccccc2-c2ccccc2)c1C. The van der Waals surface area contributed by atoms with Crippen LogP contribution in [0.4, 0.5) is 5.69 Å². The third-order valence-corrected chi connectivity index (χ3v) is 5.86. The highest BCUT2D eigenvalue weighted by Gasteiger charge is 2.17. The number of amides is 1. The molecule has 3 nitrogen and oxygen atoms in total. The molecule has 5 heteroatoms. The fourth-order valence-corrected chi connectivity index (χ4v) is 4.18. The minimum absolute atomic E-state index is 0.0142. The van der Waals surface area contributed by atoms with Gasteiger partial charge in [0.05, 0.1) is 5.69 Å². The number of likely N-dealkylation sites (N-methyl/N-ethyl adjacent to an activating group) is 1. The van der Waals surface area contributed by atoms with Crippen molar-refractivity contribution in [2.24, 2.45) is 0 Å². The van der Waals surface area contributed by atoms with E-state index in [1.54, 1.807) is 16.2 Å². The molecule has 0 saturated carbocycles. The first-order valence-electron chi connectivity index (χ1n) is 8.07. The maximum Gasteiger partial charge on any atom is 0.246 e. The van der Waals surface area contributed by atoms with Crippen LogP contribution in [0.25, 0.3) is 11.1 Å². The molecule has 3 aromatic rings. The van der Waals surface area contributed by atoms with Crippen molar-refractivity contribution < 1.29 is 4.79 Å². The second-order valence-electron chi connectivity index (χ2n) is 5.93. The summed E-state index contributed by atoms with van der Waals surface area (Å²) >= 11 is 6.95. The van der Waals surface area contributed by atoms with Crippen LogP contribution in [-0.2, 0) is 11.3 Å². The minimum atomic E-state index is 0.0142. The fraction of sp³-hybridized carbons (Fsp3) is 0.200. The number of carbonyl (C=O) groups excluding carboxylic acids is 1. The van der Waals surface area contributed by atoms with Crippen molar-refractivity contribution in [2.75, 3.05) is 11.9 Å². The molecule has 25 heavy (non-hydrogen) atoms. The molecule has 0 radical (unpaired) electrons. The summed E-state index contributed by atoms with van der Waals surface area (Å²) in [4.78, 5) is 15.7. The van der Waals surface area contributed by atoms with Crippen LogP contribution in [0.2, 0.25) is 0 Å². The van der Waals surface area contributed by atoms with Gasteiger partial charge in [0.2, 0.25) is 5.91 Å². The Balaban J connectivity index is 1.92. The molecular formula is C20H20N2OS2. The van der Waals surface area contributed by atoms with E-state index in [-0.39, 0.29) is 12.5 Å². The number of aromatic nitrogens is 1. The topological polar surface area (TPSA) is 25.2 Å². The number of rotatable bonds is 4. The van der Waals surface area contributed by atoms with Crippen LogP contribution in [0.3, 0.4) is 0 Å². The van der Waals surface area contributed by atoms with Crippen molar-refractivity contribution in [1.82, 2.24) is 4.57 Å². The summed E-state index contributed by atoms with van der Waals surface area (Å²) in [6.07, 6.45) is 0. The first kappa shape index (κ1) is 17.6. The van der Waals surface area contributed by atoms with Gasteiger partial charge in [-0.2, -0.15) is 0 Å². The number of carbonyl (C=O) groups is 1. The summed E-state index contributed by atoms with van der Waals surface area (Å²) in [5, 5.41) is 0. The Morgan fingerprint density at radius 3 is 2.36 bits per heavy atom. The molecule has 0 fully saturated rings. The molecule has 0 aliphatic rings. The van der Waals surface area contributed by atoms with Gasteiger partial charge in [0.15, 0.2) is 3.95 Å². The van der Waals surface area contributed by atoms with Gasteiger partial charge in [0.25, 0.3) is 0 Å². The fourth-order valence-electron chi connectivity index (χ4n) is 2.77. The highest BCUT2D eigenvalue weighted by molar-refractivity contribution is 7.73. The lowest BCUT2D eigenvalue weighted by Crippen LogP contribution is -2.30. The van der Waals surface area contributed by atoms with Gasteiger partial charge in [-0.15, -0.1) is 11.3 Å². The molecule has 2 aromatic carbocycles. The number of aryl methyl sites for hydroxylation is 1. The van der Waals surface area contributed by atoms with Crippen LogP contribution in [0.15, 0.2) is 54.6 Å². The van der Waals surface area contributed by atoms with Gasteiger partial charge in [0.1, 0.15) is 6.54 Å². The van der Waals surface area contributed by atoms with Crippen LogP contribution in [0.1, 0.15) is 10.6 Å². The predicted molar refractivity (Wildman–Crippen MR) is 108 cm³/mol. The van der Waals surface area contributed by atoms with E-state index in [4.69, 9.17) is 12.2 Å². The molecule has 1 aromatic heterocycles. The van der Waals surface area contributed by atoms with Crippen LogP contribution in [-0.4, -0.2) is 17.5 Å². The molecule has 1 heterocycles. The van der Waals surface area contributed by atoms with Gasteiger partial charge >= 0.3 is 0 Å². The number of thiazole rings is 1. The van der Waals surface area contributed by atoms with Crippen molar-refractivity contribution in [3.63, 3.8) is 0 Å². The number of nitrogens with zero attached hydrogens (tertiary/aromatic N) is 2. The van der Waals surface area contributed by atoms with Gasteiger partial charge < -0.3 is 9.47 Å². The summed E-state index contributed by atoms with van der Waals surface area (Å²) in [7, 11) is 1.82. The molecule has 0 N–H and O–H groups in total. The lowest BCUT2D eigenvalue weighted by Gasteiger charge is -2.21. The molecule has 0 bridgehead atoms. The van der Waals surface area contributed by atoms with E-state index in [1.165, 1.54) is 0 Å². The Kier molecular flexibility index (Phi) is 5.16. The van der Waals surface area contributed by atoms with E-state index in [9.17, 15) is 4.79 Å². The average Bonchev–Trinajstić information content (AvgIpc) is 2.88. The van der Waals surface area contributed by atoms with E-state index in [0.717, 1.165) is 31.3 Å². The molecule has 0 aliphatic heterocycles. The molecule has 0 saturated heterocycles. The van der Waals surface area contributed by atoms with Crippen LogP contribution >= 0.6 is 23.6 Å². The lowest BCUT2D eigenvalue weighted by atomic mass is 10.0. The highest BCUT2D eigenvalue weighted by Crippen LogP contribution is 2.30. The second kappa shape index (κ2) is 7.33. The Morgan fingerprint density at radius 2 is 1.72 bits per heavy atom. The van der Waals surface area contributed by atoms with E-state index >= 15 is 0 Å². The third-order valence-electron chi connectivity index (χ3n) is 4.39. The molecule has 0 aliphatic carbocycles. The van der Waals surface area contributed by atoms with E-state index in [2.05, 4.69) is 12.1 Å². The Hall–Kier alpha value is -2.24. The van der Waals surface area contributed by atoms with Crippen LogP contribution in [0.5, 0.6) is 0 Å². The first-order valence-corrected chi connectivity index (χ1v) is 9.29. The number of hydrogen-bond acceptors (Lipinski definition) is 3. The number of hydrogen-bond donors (Lipinski definition) is 0. The zero-order valence-electron chi connectivity index (χ0n) is 14.5. The normalized spacial score (nSPS) is 10.7. The Morgan fingerprint density at radius 1 is 1.08 bits per heavy atom. The summed E-state index contributed by atoms with van der Waals surface area (Å²) in [5.74, 6) is 0.0142. The van der Waals surface area contributed by atoms with Crippen molar-refractivity contribution in [1.29, 1.82) is 0 Å². The molecule has 0 spiro atoms. The lowest BCUT2D eigenvalue weighted by molar-refractivity contribution is -0.118. The van der Waals surface area contributed by atoms with Gasteiger partial charge in [0, 0.05) is 23.2 Å². The molecular weight excluding hydrogens is 348 g/mol. The van der Waals surface area contributed by atoms with Crippen LogP contribution in [0, 0.1) is 17.8 Å². The van der Waals surface area contributed by atoms with Gasteiger partial charge in [-0.25, -0.2) is 0 Å². The molecule has 0 atom stereocenters. The largest absolute Gasteiger partial charge is 0.318 e. The molecule has 3 rings (SSSR count). The van der Waals surface area contributed by atoms with Crippen molar-refractivity contribution in [3.05, 3.63) is 69.1 Å². The molecule has 0 unspecified atom stereocenters. The molecule has 1 amide bonds. The standard InChI is InChI=1S/C20H20N2OS2/c1-14-15(2)25-20(24)22(14)13-19(23)21(3)18-12-8-7-11-17(18)16-9-5-4-6-10-16/h4-12H,13H2,1-3H3. The Bertz CT molecular complexity index is 957. The zero-order chi connectivity index (χ0) is 18.0. The first-order chi connectivity index (χ1) is 12.0. The predicted octanol–water partition coefficient (Wildman–Crippen LogP) is 5.23. The van der Waals surface area contributed by atoms with E-state index < -0.39 is 0 Å². The minimum Gasteiger partial charge on any atom is -0.318 e. The zero-order valence-corrected chi connectivity index (χ0v) is 16.2. The average molecular weight is 369 g/mol. The van der Waals surface area contributed by atoms with Crippen molar-refractivity contribution in [3.8, 4) is 11.1 Å². The van der Waals surface area contributed by atoms with Gasteiger partial charge in [-0.05, 0) is 37.7 Å². The maximum atomic E-state index is 12.9. The number of para-hydroxylation sites is 1. The quantitative estimate of drug-likeness (QED) is 0.590. The Labute approximate surface area is 157 Å². The van der Waals surface area contributed by atoms with E-state index in [1.807, 2.05) is 67.9 Å². The van der Waals surface area contributed by atoms with E-state index in [0.29, 0.717) is 0 Å². The highest BCUT2D eigenvalue weighted by atomic mass is 32.1. The summed E-state index contributed by atoms with van der Waals surface area (Å²) in [6.45, 7) is 4.30. The second-order valence-corrected chi connectivity index (χ2v) is 7.78. The van der Waals surface area contributed by atoms with Gasteiger partial charge in [-0.3, -0.25) is 4.79 Å². The number of benzene rings is 2. The van der Waals surface area contributed by atoms with Crippen molar-refractivity contribution in [2.45, 2.75) is 20.4 Å². The third kappa shape index (κ3) is 3.57. The monoisotopic (exact) mass is 368 g/mol. The van der Waals surface area contributed by atoms with Crippen molar-refractivity contribution >= 4 is 35.1 Å². The number of anilines is 1. The van der Waals surface area contributed by atoms with Gasteiger partial charge in [-0.1, -0.05) is 48.5 Å².